The maximum atomic E-state index is 12.6. The van der Waals surface area contributed by atoms with Crippen molar-refractivity contribution in [1.29, 1.82) is 0 Å². The molecule has 0 amide bonds. The Hall–Kier alpha value is -3.03. The number of sulfonamides is 1. The summed E-state index contributed by atoms with van der Waals surface area (Å²) in [5, 5.41) is 9.47. The lowest BCUT2D eigenvalue weighted by Gasteiger charge is -2.13. The van der Waals surface area contributed by atoms with Crippen molar-refractivity contribution in [3.63, 3.8) is 0 Å². The first-order valence-electron chi connectivity index (χ1n) is 7.74. The van der Waals surface area contributed by atoms with Crippen LogP contribution >= 0.6 is 11.6 Å². The number of hydrogen-bond donors (Lipinski definition) is 2. The molecule has 0 heterocycles. The van der Waals surface area contributed by atoms with E-state index in [0.29, 0.717) is 16.5 Å². The molecule has 0 aromatic heterocycles. The van der Waals surface area contributed by atoms with E-state index in [1.54, 1.807) is 48.5 Å². The fourth-order valence-electron chi connectivity index (χ4n) is 2.25. The van der Waals surface area contributed by atoms with Crippen LogP contribution in [0.25, 0.3) is 0 Å². The maximum Gasteiger partial charge on any atom is 0.335 e. The van der Waals surface area contributed by atoms with Crippen molar-refractivity contribution in [1.82, 2.24) is 0 Å². The van der Waals surface area contributed by atoms with E-state index in [4.69, 9.17) is 21.4 Å². The van der Waals surface area contributed by atoms with Crippen LogP contribution in [0.5, 0.6) is 11.5 Å². The fourth-order valence-corrected chi connectivity index (χ4v) is 3.45. The van der Waals surface area contributed by atoms with Crippen LogP contribution in [0.15, 0.2) is 77.7 Å². The van der Waals surface area contributed by atoms with Crippen molar-refractivity contribution in [3.05, 3.63) is 83.4 Å². The van der Waals surface area contributed by atoms with Gasteiger partial charge in [0.1, 0.15) is 5.75 Å². The molecule has 6 nitrogen and oxygen atoms in total. The first kappa shape index (κ1) is 18.8. The van der Waals surface area contributed by atoms with Gasteiger partial charge in [-0.3, -0.25) is 4.72 Å². The lowest BCUT2D eigenvalue weighted by molar-refractivity contribution is 0.0696. The van der Waals surface area contributed by atoms with E-state index in [9.17, 15) is 13.2 Å². The van der Waals surface area contributed by atoms with Gasteiger partial charge >= 0.3 is 5.97 Å². The lowest BCUT2D eigenvalue weighted by atomic mass is 10.2. The molecule has 0 atom stereocenters. The second kappa shape index (κ2) is 7.69. The Morgan fingerprint density at radius 3 is 2.19 bits per heavy atom. The summed E-state index contributed by atoms with van der Waals surface area (Å²) in [6, 6.07) is 18.1. The minimum atomic E-state index is -3.92. The van der Waals surface area contributed by atoms with Crippen LogP contribution in [0.2, 0.25) is 5.02 Å². The van der Waals surface area contributed by atoms with Gasteiger partial charge in [0.25, 0.3) is 10.0 Å². The van der Waals surface area contributed by atoms with Gasteiger partial charge in [-0.25, -0.2) is 13.2 Å². The molecule has 0 aliphatic carbocycles. The summed E-state index contributed by atoms with van der Waals surface area (Å²) in [7, 11) is -3.92. The number of benzene rings is 3. The lowest BCUT2D eigenvalue weighted by Crippen LogP contribution is -2.13. The SMILES string of the molecule is O=C(O)c1ccc(S(=O)(=O)Nc2ccccc2Oc2ccc(Cl)cc2)cc1. The van der Waals surface area contributed by atoms with Crippen molar-refractivity contribution >= 4 is 33.3 Å². The van der Waals surface area contributed by atoms with Crippen LogP contribution < -0.4 is 9.46 Å². The highest BCUT2D eigenvalue weighted by Gasteiger charge is 2.17. The van der Waals surface area contributed by atoms with Crippen molar-refractivity contribution < 1.29 is 23.1 Å². The van der Waals surface area contributed by atoms with E-state index in [1.165, 1.54) is 24.3 Å². The number of para-hydroxylation sites is 2. The number of carbonyl (C=O) groups is 1. The van der Waals surface area contributed by atoms with Crippen LogP contribution in [-0.4, -0.2) is 19.5 Å². The highest BCUT2D eigenvalue weighted by molar-refractivity contribution is 7.92. The standard InChI is InChI=1S/C19H14ClNO5S/c20-14-7-9-15(10-8-14)26-18-4-2-1-3-17(18)21-27(24,25)16-11-5-13(6-12-16)19(22)23/h1-12,21H,(H,22,23). The predicted octanol–water partition coefficient (Wildman–Crippen LogP) is 4.63. The Labute approximate surface area is 161 Å². The number of ether oxygens (including phenoxy) is 1. The maximum absolute atomic E-state index is 12.6. The molecule has 138 valence electrons. The number of carboxylic acid groups (broad SMARTS) is 1. The zero-order valence-corrected chi connectivity index (χ0v) is 15.4. The monoisotopic (exact) mass is 403 g/mol. The minimum absolute atomic E-state index is 0.000391. The molecule has 0 saturated heterocycles. The van der Waals surface area contributed by atoms with Crippen LogP contribution in [-0.2, 0) is 10.0 Å². The van der Waals surface area contributed by atoms with Crippen LogP contribution in [0, 0.1) is 0 Å². The van der Waals surface area contributed by atoms with E-state index < -0.39 is 16.0 Å². The third kappa shape index (κ3) is 4.58. The van der Waals surface area contributed by atoms with E-state index in [1.807, 2.05) is 0 Å². The Morgan fingerprint density at radius 1 is 0.926 bits per heavy atom. The van der Waals surface area contributed by atoms with Gasteiger partial charge in [0.05, 0.1) is 16.1 Å². The normalized spacial score (nSPS) is 11.0. The van der Waals surface area contributed by atoms with Crippen LogP contribution in [0.4, 0.5) is 5.69 Å². The molecule has 0 saturated carbocycles. The Kier molecular flexibility index (Phi) is 5.34. The molecule has 8 heteroatoms. The number of carboxylic acids is 1. The Balaban J connectivity index is 1.86. The molecule has 3 aromatic carbocycles. The van der Waals surface area contributed by atoms with Crippen molar-refractivity contribution in [2.75, 3.05) is 4.72 Å². The van der Waals surface area contributed by atoms with Crippen LogP contribution in [0.3, 0.4) is 0 Å². The first-order chi connectivity index (χ1) is 12.8. The van der Waals surface area contributed by atoms with Gasteiger partial charge in [0.15, 0.2) is 5.75 Å². The topological polar surface area (TPSA) is 92.7 Å². The largest absolute Gasteiger partial charge is 0.478 e. The average Bonchev–Trinajstić information content (AvgIpc) is 2.65. The molecule has 0 aliphatic rings. The smallest absolute Gasteiger partial charge is 0.335 e. The van der Waals surface area contributed by atoms with Gasteiger partial charge in [-0.2, -0.15) is 0 Å². The van der Waals surface area contributed by atoms with Gasteiger partial charge in [0.2, 0.25) is 0 Å². The van der Waals surface area contributed by atoms with Gasteiger partial charge in [-0.15, -0.1) is 0 Å². The van der Waals surface area contributed by atoms with Gasteiger partial charge in [-0.1, -0.05) is 23.7 Å². The van der Waals surface area contributed by atoms with Crippen LogP contribution in [0.1, 0.15) is 10.4 Å². The molecule has 0 spiro atoms. The molecule has 3 rings (SSSR count). The van der Waals surface area contributed by atoms with Crippen molar-refractivity contribution in [2.45, 2.75) is 4.90 Å². The van der Waals surface area contributed by atoms with E-state index in [0.717, 1.165) is 0 Å². The number of halogens is 1. The molecule has 0 unspecified atom stereocenters. The van der Waals surface area contributed by atoms with Crippen molar-refractivity contribution in [2.24, 2.45) is 0 Å². The summed E-state index contributed by atoms with van der Waals surface area (Å²) < 4.78 is 33.4. The average molecular weight is 404 g/mol. The number of rotatable bonds is 6. The number of anilines is 1. The molecule has 27 heavy (non-hydrogen) atoms. The van der Waals surface area contributed by atoms with E-state index >= 15 is 0 Å². The quantitative estimate of drug-likeness (QED) is 0.625. The Morgan fingerprint density at radius 2 is 1.56 bits per heavy atom. The van der Waals surface area contributed by atoms with Gasteiger partial charge < -0.3 is 9.84 Å². The minimum Gasteiger partial charge on any atom is -0.478 e. The summed E-state index contributed by atoms with van der Waals surface area (Å²) >= 11 is 5.85. The third-order valence-corrected chi connectivity index (χ3v) is 5.22. The zero-order chi connectivity index (χ0) is 19.4. The molecule has 0 radical (unpaired) electrons. The molecule has 0 aliphatic heterocycles. The molecule has 0 bridgehead atoms. The second-order valence-electron chi connectivity index (χ2n) is 5.49. The fraction of sp³-hybridized carbons (Fsp3) is 0. The Bertz CT molecular complexity index is 1060. The predicted molar refractivity (Wildman–Crippen MR) is 102 cm³/mol. The highest BCUT2D eigenvalue weighted by Crippen LogP contribution is 2.31. The summed E-state index contributed by atoms with van der Waals surface area (Å²) in [4.78, 5) is 10.8. The van der Waals surface area contributed by atoms with Gasteiger partial charge in [0, 0.05) is 5.02 Å². The second-order valence-corrected chi connectivity index (χ2v) is 7.61. The van der Waals surface area contributed by atoms with Gasteiger partial charge in [-0.05, 0) is 60.7 Å². The van der Waals surface area contributed by atoms with Crippen molar-refractivity contribution in [3.8, 4) is 11.5 Å². The molecule has 3 aromatic rings. The summed E-state index contributed by atoms with van der Waals surface area (Å²) in [6.07, 6.45) is 0. The van der Waals surface area contributed by atoms with E-state index in [-0.39, 0.29) is 16.1 Å². The molecule has 2 N–H and O–H groups in total. The molecule has 0 fully saturated rings. The number of nitrogens with one attached hydrogen (secondary N) is 1. The summed E-state index contributed by atoms with van der Waals surface area (Å²) in [6.45, 7) is 0. The number of aromatic carboxylic acids is 1. The van der Waals surface area contributed by atoms with E-state index in [2.05, 4.69) is 4.72 Å². The third-order valence-electron chi connectivity index (χ3n) is 3.58. The molecular formula is C19H14ClNO5S. The summed E-state index contributed by atoms with van der Waals surface area (Å²) in [5.41, 5.74) is 0.246. The number of hydrogen-bond acceptors (Lipinski definition) is 4. The zero-order valence-electron chi connectivity index (χ0n) is 13.8. The highest BCUT2D eigenvalue weighted by atomic mass is 35.5. The summed E-state index contributed by atoms with van der Waals surface area (Å²) in [5.74, 6) is -0.323. The first-order valence-corrected chi connectivity index (χ1v) is 9.60. The molecular weight excluding hydrogens is 390 g/mol.